The average molecular weight is 415 g/mol. The van der Waals surface area contributed by atoms with Crippen molar-refractivity contribution in [3.63, 3.8) is 0 Å². The Balaban J connectivity index is 1.81. The molecule has 148 valence electrons. The van der Waals surface area contributed by atoms with Crippen LogP contribution >= 0.6 is 11.8 Å². The molecule has 6 heteroatoms. The molecular formula is C24H18FN3OS. The summed E-state index contributed by atoms with van der Waals surface area (Å²) in [5, 5.41) is 9.95. The van der Waals surface area contributed by atoms with E-state index in [1.807, 2.05) is 31.2 Å². The summed E-state index contributed by atoms with van der Waals surface area (Å²) in [6.07, 6.45) is 0.488. The standard InChI is InChI=1S/C24H18FN3OS/c1-16-10-12-17(13-11-16)14-18(15-26)30-24-27-21-8-4-2-6-19(21)23(29)28(24)22-9-5-3-7-20(22)25/h2-13,18H,14H2,1H3. The number of benzene rings is 3. The van der Waals surface area contributed by atoms with E-state index in [2.05, 4.69) is 11.1 Å². The molecule has 4 nitrogen and oxygen atoms in total. The molecule has 1 aromatic heterocycles. The van der Waals surface area contributed by atoms with Crippen LogP contribution in [-0.4, -0.2) is 14.8 Å². The Kier molecular flexibility index (Phi) is 5.64. The van der Waals surface area contributed by atoms with Gasteiger partial charge in [0.1, 0.15) is 11.1 Å². The van der Waals surface area contributed by atoms with Crippen molar-refractivity contribution in [3.8, 4) is 11.8 Å². The molecule has 4 aromatic rings. The monoisotopic (exact) mass is 415 g/mol. The maximum atomic E-state index is 14.6. The van der Waals surface area contributed by atoms with E-state index in [9.17, 15) is 14.4 Å². The first-order valence-electron chi connectivity index (χ1n) is 9.45. The van der Waals surface area contributed by atoms with Crippen molar-refractivity contribution in [2.24, 2.45) is 0 Å². The minimum absolute atomic E-state index is 0.121. The minimum atomic E-state index is -0.523. The van der Waals surface area contributed by atoms with Gasteiger partial charge >= 0.3 is 0 Å². The number of aromatic nitrogens is 2. The topological polar surface area (TPSA) is 58.7 Å². The molecule has 0 radical (unpaired) electrons. The zero-order chi connectivity index (χ0) is 21.1. The summed E-state index contributed by atoms with van der Waals surface area (Å²) in [4.78, 5) is 17.8. The van der Waals surface area contributed by atoms with Gasteiger partial charge in [-0.3, -0.25) is 9.36 Å². The Labute approximate surface area is 177 Å². The summed E-state index contributed by atoms with van der Waals surface area (Å²) in [5.74, 6) is -0.523. The van der Waals surface area contributed by atoms with E-state index in [1.54, 1.807) is 42.5 Å². The van der Waals surface area contributed by atoms with Crippen molar-refractivity contribution in [2.45, 2.75) is 23.8 Å². The number of nitriles is 1. The van der Waals surface area contributed by atoms with Gasteiger partial charge in [0.25, 0.3) is 5.56 Å². The number of nitrogens with zero attached hydrogens (tertiary/aromatic N) is 3. The summed E-state index contributed by atoms with van der Waals surface area (Å²) < 4.78 is 15.8. The molecule has 0 spiro atoms. The average Bonchev–Trinajstić information content (AvgIpc) is 2.76. The zero-order valence-corrected chi connectivity index (χ0v) is 17.1. The van der Waals surface area contributed by atoms with Crippen molar-refractivity contribution < 1.29 is 4.39 Å². The minimum Gasteiger partial charge on any atom is -0.268 e. The Bertz CT molecular complexity index is 1310. The van der Waals surface area contributed by atoms with Gasteiger partial charge in [0, 0.05) is 0 Å². The van der Waals surface area contributed by atoms with Crippen LogP contribution in [0.3, 0.4) is 0 Å². The lowest BCUT2D eigenvalue weighted by atomic mass is 10.1. The first-order chi connectivity index (χ1) is 14.6. The SMILES string of the molecule is Cc1ccc(CC(C#N)Sc2nc3ccccc3c(=O)n2-c2ccccc2F)cc1. The molecule has 0 amide bonds. The van der Waals surface area contributed by atoms with Crippen LogP contribution in [0.1, 0.15) is 11.1 Å². The molecule has 0 N–H and O–H groups in total. The van der Waals surface area contributed by atoms with Gasteiger partial charge in [0.15, 0.2) is 5.16 Å². The number of hydrogen-bond acceptors (Lipinski definition) is 4. The molecular weight excluding hydrogens is 397 g/mol. The molecule has 30 heavy (non-hydrogen) atoms. The van der Waals surface area contributed by atoms with Crippen molar-refractivity contribution in [3.05, 3.63) is 100 Å². The molecule has 3 aromatic carbocycles. The van der Waals surface area contributed by atoms with E-state index in [-0.39, 0.29) is 11.2 Å². The molecule has 0 aliphatic heterocycles. The third kappa shape index (κ3) is 3.98. The molecule has 0 saturated heterocycles. The predicted octanol–water partition coefficient (Wildman–Crippen LogP) is 5.06. The van der Waals surface area contributed by atoms with Gasteiger partial charge in [-0.15, -0.1) is 0 Å². The lowest BCUT2D eigenvalue weighted by Gasteiger charge is -2.16. The van der Waals surface area contributed by atoms with Crippen molar-refractivity contribution in [1.29, 1.82) is 5.26 Å². The summed E-state index contributed by atoms with van der Waals surface area (Å²) in [6, 6.07) is 23.3. The molecule has 1 heterocycles. The zero-order valence-electron chi connectivity index (χ0n) is 16.2. The van der Waals surface area contributed by atoms with Crippen LogP contribution in [0.15, 0.2) is 82.7 Å². The number of fused-ring (bicyclic) bond motifs is 1. The number of hydrogen-bond donors (Lipinski definition) is 0. The highest BCUT2D eigenvalue weighted by Gasteiger charge is 2.20. The van der Waals surface area contributed by atoms with E-state index in [1.165, 1.54) is 22.4 Å². The molecule has 1 atom stereocenters. The van der Waals surface area contributed by atoms with Crippen LogP contribution in [0, 0.1) is 24.1 Å². The molecule has 0 saturated carbocycles. The Morgan fingerprint density at radius 2 is 1.77 bits per heavy atom. The van der Waals surface area contributed by atoms with E-state index in [0.717, 1.165) is 11.1 Å². The van der Waals surface area contributed by atoms with Gasteiger partial charge < -0.3 is 0 Å². The maximum Gasteiger partial charge on any atom is 0.266 e. The largest absolute Gasteiger partial charge is 0.268 e. The van der Waals surface area contributed by atoms with Crippen molar-refractivity contribution in [1.82, 2.24) is 9.55 Å². The van der Waals surface area contributed by atoms with Crippen molar-refractivity contribution >= 4 is 22.7 Å². The van der Waals surface area contributed by atoms with E-state index in [4.69, 9.17) is 0 Å². The first-order valence-corrected chi connectivity index (χ1v) is 10.3. The Morgan fingerprint density at radius 3 is 2.50 bits per heavy atom. The van der Waals surface area contributed by atoms with Gasteiger partial charge in [-0.05, 0) is 43.2 Å². The second-order valence-corrected chi connectivity index (χ2v) is 8.10. The van der Waals surface area contributed by atoms with Gasteiger partial charge in [-0.1, -0.05) is 65.9 Å². The second-order valence-electron chi connectivity index (χ2n) is 6.93. The normalized spacial score (nSPS) is 11.9. The number of thioether (sulfide) groups is 1. The van der Waals surface area contributed by atoms with E-state index >= 15 is 0 Å². The maximum absolute atomic E-state index is 14.6. The summed E-state index contributed by atoms with van der Waals surface area (Å²) >= 11 is 1.17. The highest BCUT2D eigenvalue weighted by Crippen LogP contribution is 2.27. The Hall–Kier alpha value is -3.43. The highest BCUT2D eigenvalue weighted by atomic mass is 32.2. The Morgan fingerprint density at radius 1 is 1.07 bits per heavy atom. The smallest absolute Gasteiger partial charge is 0.266 e. The number of para-hydroxylation sites is 2. The van der Waals surface area contributed by atoms with Gasteiger partial charge in [-0.25, -0.2) is 9.37 Å². The van der Waals surface area contributed by atoms with Crippen LogP contribution in [0.5, 0.6) is 0 Å². The lowest BCUT2D eigenvalue weighted by molar-refractivity contribution is 0.608. The molecule has 0 bridgehead atoms. The summed E-state index contributed by atoms with van der Waals surface area (Å²) in [5.41, 5.74) is 2.44. The van der Waals surface area contributed by atoms with Gasteiger partial charge in [0.05, 0.1) is 22.7 Å². The van der Waals surface area contributed by atoms with Crippen LogP contribution in [0.4, 0.5) is 4.39 Å². The van der Waals surface area contributed by atoms with Crippen LogP contribution in [0.25, 0.3) is 16.6 Å². The summed E-state index contributed by atoms with van der Waals surface area (Å²) in [6.45, 7) is 2.01. The molecule has 1 unspecified atom stereocenters. The molecule has 4 rings (SSSR count). The van der Waals surface area contributed by atoms with Crippen molar-refractivity contribution in [2.75, 3.05) is 0 Å². The number of aryl methyl sites for hydroxylation is 1. The van der Waals surface area contributed by atoms with Crippen LogP contribution in [0.2, 0.25) is 0 Å². The second kappa shape index (κ2) is 8.52. The van der Waals surface area contributed by atoms with Crippen LogP contribution < -0.4 is 5.56 Å². The van der Waals surface area contributed by atoms with Crippen LogP contribution in [-0.2, 0) is 6.42 Å². The quantitative estimate of drug-likeness (QED) is 0.338. The fraction of sp³-hybridized carbons (Fsp3) is 0.125. The van der Waals surface area contributed by atoms with Gasteiger partial charge in [0.2, 0.25) is 0 Å². The lowest BCUT2D eigenvalue weighted by Crippen LogP contribution is -2.23. The summed E-state index contributed by atoms with van der Waals surface area (Å²) in [7, 11) is 0. The molecule has 0 aliphatic rings. The first kappa shape index (κ1) is 19.9. The number of rotatable bonds is 5. The van der Waals surface area contributed by atoms with E-state index in [0.29, 0.717) is 22.5 Å². The third-order valence-electron chi connectivity index (χ3n) is 4.77. The highest BCUT2D eigenvalue weighted by molar-refractivity contribution is 8.00. The third-order valence-corrected chi connectivity index (χ3v) is 5.81. The van der Waals surface area contributed by atoms with Gasteiger partial charge in [-0.2, -0.15) is 5.26 Å². The fourth-order valence-electron chi connectivity index (χ4n) is 3.22. The number of halogens is 1. The van der Waals surface area contributed by atoms with E-state index < -0.39 is 11.1 Å². The molecule has 0 fully saturated rings. The fourth-order valence-corrected chi connectivity index (χ4v) is 4.24. The predicted molar refractivity (Wildman–Crippen MR) is 117 cm³/mol. The molecule has 0 aliphatic carbocycles.